The van der Waals surface area contributed by atoms with Crippen molar-refractivity contribution in [1.82, 2.24) is 29.4 Å². The third-order valence-electron chi connectivity index (χ3n) is 5.97. The van der Waals surface area contributed by atoms with Crippen LogP contribution in [0.3, 0.4) is 0 Å². The molecule has 0 bridgehead atoms. The Hall–Kier alpha value is -3.45. The van der Waals surface area contributed by atoms with Crippen LogP contribution < -0.4 is 5.73 Å². The molecule has 7 nitrogen and oxygen atoms in total. The van der Waals surface area contributed by atoms with Gasteiger partial charge in [-0.05, 0) is 50.3 Å². The minimum Gasteiger partial charge on any atom is -0.384 e. The summed E-state index contributed by atoms with van der Waals surface area (Å²) in [5, 5.41) is 0. The molecule has 0 fully saturated rings. The number of aromatic amines is 1. The van der Waals surface area contributed by atoms with E-state index in [1.807, 2.05) is 48.5 Å². The molecule has 0 aliphatic heterocycles. The Morgan fingerprint density at radius 3 is 2.29 bits per heavy atom. The summed E-state index contributed by atoms with van der Waals surface area (Å²) in [6.07, 6.45) is 0.990. The summed E-state index contributed by atoms with van der Waals surface area (Å²) in [7, 11) is 0. The summed E-state index contributed by atoms with van der Waals surface area (Å²) >= 11 is 0. The number of hydrogen-bond donors (Lipinski definition) is 2. The topological polar surface area (TPSA) is 88.6 Å². The molecule has 0 atom stereocenters. The molecule has 5 rings (SSSR count). The molecule has 3 N–H and O–H groups in total. The first-order valence-electron chi connectivity index (χ1n) is 10.9. The highest BCUT2D eigenvalue weighted by Crippen LogP contribution is 2.35. The van der Waals surface area contributed by atoms with Gasteiger partial charge in [0.25, 0.3) is 0 Å². The first-order valence-corrected chi connectivity index (χ1v) is 10.9. The number of benzene rings is 2. The highest BCUT2D eigenvalue weighted by Gasteiger charge is 2.22. The number of nitrogens with one attached hydrogen (secondary N) is 1. The number of nitrogen functional groups attached to an aromatic ring is 1. The van der Waals surface area contributed by atoms with Crippen LogP contribution in [-0.4, -0.2) is 49.0 Å². The van der Waals surface area contributed by atoms with Crippen molar-refractivity contribution in [2.45, 2.75) is 26.8 Å². The molecule has 0 saturated carbocycles. The van der Waals surface area contributed by atoms with E-state index >= 15 is 0 Å². The van der Waals surface area contributed by atoms with Crippen molar-refractivity contribution in [1.29, 1.82) is 0 Å². The summed E-state index contributed by atoms with van der Waals surface area (Å²) in [5.74, 6) is 1.39. The van der Waals surface area contributed by atoms with Crippen LogP contribution in [0.1, 0.15) is 20.3 Å². The zero-order valence-corrected chi connectivity index (χ0v) is 18.0. The Kier molecular flexibility index (Phi) is 5.03. The van der Waals surface area contributed by atoms with Crippen LogP contribution in [0.5, 0.6) is 0 Å². The van der Waals surface area contributed by atoms with Gasteiger partial charge >= 0.3 is 0 Å². The van der Waals surface area contributed by atoms with E-state index in [2.05, 4.69) is 28.3 Å². The highest BCUT2D eigenvalue weighted by molar-refractivity contribution is 6.01. The average molecular weight is 414 g/mol. The second-order valence-electron chi connectivity index (χ2n) is 7.78. The molecule has 158 valence electrons. The SMILES string of the molecule is CCN(CC)CCCn1c(N)c(-c2nc3ccccc3[nH]2)c2nc3ccccc3nc21. The van der Waals surface area contributed by atoms with Crippen LogP contribution in [-0.2, 0) is 6.54 Å². The van der Waals surface area contributed by atoms with Gasteiger partial charge in [-0.2, -0.15) is 0 Å². The van der Waals surface area contributed by atoms with Gasteiger partial charge in [0.2, 0.25) is 0 Å². The Morgan fingerprint density at radius 1 is 0.903 bits per heavy atom. The van der Waals surface area contributed by atoms with E-state index in [4.69, 9.17) is 20.7 Å². The maximum atomic E-state index is 6.72. The van der Waals surface area contributed by atoms with E-state index < -0.39 is 0 Å². The average Bonchev–Trinajstić information content (AvgIpc) is 3.33. The zero-order valence-electron chi connectivity index (χ0n) is 18.0. The second kappa shape index (κ2) is 8.00. The van der Waals surface area contributed by atoms with Gasteiger partial charge in [-0.1, -0.05) is 38.1 Å². The van der Waals surface area contributed by atoms with Gasteiger partial charge in [0.15, 0.2) is 5.65 Å². The molecule has 0 amide bonds. The highest BCUT2D eigenvalue weighted by atomic mass is 15.1. The summed E-state index contributed by atoms with van der Waals surface area (Å²) < 4.78 is 2.10. The molecule has 0 unspecified atom stereocenters. The van der Waals surface area contributed by atoms with E-state index in [1.54, 1.807) is 0 Å². The van der Waals surface area contributed by atoms with Crippen molar-refractivity contribution >= 4 is 39.0 Å². The molecule has 0 aliphatic carbocycles. The number of aryl methyl sites for hydroxylation is 1. The first-order chi connectivity index (χ1) is 15.2. The summed E-state index contributed by atoms with van der Waals surface area (Å²) in [4.78, 5) is 20.5. The predicted molar refractivity (Wildman–Crippen MR) is 127 cm³/mol. The number of nitrogens with two attached hydrogens (primary N) is 1. The number of imidazole rings is 1. The van der Waals surface area contributed by atoms with E-state index in [0.717, 1.165) is 77.2 Å². The molecule has 0 saturated heterocycles. The monoisotopic (exact) mass is 413 g/mol. The molecule has 0 spiro atoms. The van der Waals surface area contributed by atoms with E-state index in [0.29, 0.717) is 5.82 Å². The lowest BCUT2D eigenvalue weighted by Crippen LogP contribution is -2.25. The summed E-state index contributed by atoms with van der Waals surface area (Å²) in [6.45, 7) is 8.29. The number of hydrogen-bond acceptors (Lipinski definition) is 5. The largest absolute Gasteiger partial charge is 0.384 e. The quantitative estimate of drug-likeness (QED) is 0.412. The minimum absolute atomic E-state index is 0.656. The predicted octanol–water partition coefficient (Wildman–Crippen LogP) is 4.44. The van der Waals surface area contributed by atoms with Gasteiger partial charge in [-0.15, -0.1) is 0 Å². The zero-order chi connectivity index (χ0) is 21.4. The number of para-hydroxylation sites is 4. The molecule has 0 radical (unpaired) electrons. The van der Waals surface area contributed by atoms with Crippen LogP contribution in [0.2, 0.25) is 0 Å². The van der Waals surface area contributed by atoms with Gasteiger partial charge in [-0.3, -0.25) is 0 Å². The third-order valence-corrected chi connectivity index (χ3v) is 5.97. The van der Waals surface area contributed by atoms with Crippen molar-refractivity contribution in [2.24, 2.45) is 0 Å². The molecule has 5 aromatic rings. The van der Waals surface area contributed by atoms with Crippen LogP contribution in [0.4, 0.5) is 5.82 Å². The van der Waals surface area contributed by atoms with Gasteiger partial charge in [0.1, 0.15) is 17.2 Å². The third kappa shape index (κ3) is 3.41. The number of anilines is 1. The lowest BCUT2D eigenvalue weighted by atomic mass is 10.2. The number of H-pyrrole nitrogens is 1. The van der Waals surface area contributed by atoms with E-state index in [1.165, 1.54) is 0 Å². The Morgan fingerprint density at radius 2 is 1.58 bits per heavy atom. The smallest absolute Gasteiger partial charge is 0.161 e. The van der Waals surface area contributed by atoms with Crippen molar-refractivity contribution in [3.8, 4) is 11.4 Å². The molecule has 2 aromatic carbocycles. The summed E-state index contributed by atoms with van der Waals surface area (Å²) in [5.41, 5.74) is 12.8. The number of aromatic nitrogens is 5. The maximum Gasteiger partial charge on any atom is 0.161 e. The van der Waals surface area contributed by atoms with Crippen molar-refractivity contribution in [2.75, 3.05) is 25.4 Å². The summed E-state index contributed by atoms with van der Waals surface area (Å²) in [6, 6.07) is 15.9. The Balaban J connectivity index is 1.66. The Bertz CT molecular complexity index is 1330. The van der Waals surface area contributed by atoms with Gasteiger partial charge in [0.05, 0.1) is 27.6 Å². The maximum absolute atomic E-state index is 6.72. The number of fused-ring (bicyclic) bond motifs is 3. The van der Waals surface area contributed by atoms with Crippen LogP contribution >= 0.6 is 0 Å². The lowest BCUT2D eigenvalue weighted by molar-refractivity contribution is 0.294. The fraction of sp³-hybridized carbons (Fsp3) is 0.292. The minimum atomic E-state index is 0.656. The van der Waals surface area contributed by atoms with Gasteiger partial charge in [0, 0.05) is 6.54 Å². The fourth-order valence-corrected chi connectivity index (χ4v) is 4.24. The molecule has 7 heteroatoms. The molecule has 31 heavy (non-hydrogen) atoms. The van der Waals surface area contributed by atoms with Gasteiger partial charge in [-0.25, -0.2) is 15.0 Å². The molecule has 0 aliphatic rings. The van der Waals surface area contributed by atoms with Crippen LogP contribution in [0.25, 0.3) is 44.6 Å². The van der Waals surface area contributed by atoms with Crippen LogP contribution in [0, 0.1) is 0 Å². The van der Waals surface area contributed by atoms with Gasteiger partial charge < -0.3 is 20.2 Å². The van der Waals surface area contributed by atoms with E-state index in [-0.39, 0.29) is 0 Å². The normalized spacial score (nSPS) is 12.0. The Labute approximate surface area is 180 Å². The molecule has 3 heterocycles. The number of rotatable bonds is 7. The molecule has 3 aromatic heterocycles. The van der Waals surface area contributed by atoms with Crippen molar-refractivity contribution in [3.05, 3.63) is 48.5 Å². The molecular weight excluding hydrogens is 386 g/mol. The van der Waals surface area contributed by atoms with Crippen LogP contribution in [0.15, 0.2) is 48.5 Å². The second-order valence-corrected chi connectivity index (χ2v) is 7.78. The first kappa shape index (κ1) is 19.5. The lowest BCUT2D eigenvalue weighted by Gasteiger charge is -2.18. The number of nitrogens with zero attached hydrogens (tertiary/aromatic N) is 5. The standard InChI is InChI=1S/C24H27N7/c1-3-30(4-2)14-9-15-31-22(25)20(23-27-17-11-6-7-12-18(17)28-23)21-24(31)29-19-13-8-5-10-16(19)26-21/h5-8,10-13H,3-4,9,14-15,25H2,1-2H3,(H,27,28). The van der Waals surface area contributed by atoms with E-state index in [9.17, 15) is 0 Å². The fourth-order valence-electron chi connectivity index (χ4n) is 4.24. The van der Waals surface area contributed by atoms with Crippen molar-refractivity contribution in [3.63, 3.8) is 0 Å². The van der Waals surface area contributed by atoms with Crippen molar-refractivity contribution < 1.29 is 0 Å². The molecular formula is C24H27N7.